The number of benzene rings is 1. The first kappa shape index (κ1) is 13.2. The zero-order chi connectivity index (χ0) is 12.0. The molecular weight excluding hydrogens is 200 g/mol. The van der Waals surface area contributed by atoms with Crippen molar-refractivity contribution in [1.82, 2.24) is 0 Å². The maximum atomic E-state index is 9.62. The van der Waals surface area contributed by atoms with Crippen LogP contribution in [-0.2, 0) is 5.41 Å². The van der Waals surface area contributed by atoms with Crippen LogP contribution in [0, 0.1) is 6.92 Å². The number of rotatable bonds is 6. The molecule has 90 valence electrons. The van der Waals surface area contributed by atoms with Crippen LogP contribution in [0.4, 0.5) is 0 Å². The van der Waals surface area contributed by atoms with Crippen molar-refractivity contribution in [3.05, 3.63) is 35.4 Å². The molecule has 0 saturated heterocycles. The van der Waals surface area contributed by atoms with E-state index in [2.05, 4.69) is 6.92 Å². The zero-order valence-electron chi connectivity index (χ0n) is 10.2. The molecule has 1 aromatic rings. The van der Waals surface area contributed by atoms with Gasteiger partial charge in [-0.15, -0.1) is 0 Å². The van der Waals surface area contributed by atoms with E-state index in [9.17, 15) is 10.2 Å². The summed E-state index contributed by atoms with van der Waals surface area (Å²) in [6.07, 6.45) is 2.93. The minimum Gasteiger partial charge on any atom is -0.395 e. The Morgan fingerprint density at radius 1 is 1.12 bits per heavy atom. The number of unbranched alkanes of at least 4 members (excludes halogenated alkanes) is 1. The topological polar surface area (TPSA) is 40.5 Å². The number of aryl methyl sites for hydroxylation is 1. The van der Waals surface area contributed by atoms with E-state index in [0.29, 0.717) is 0 Å². The van der Waals surface area contributed by atoms with Crippen molar-refractivity contribution in [3.63, 3.8) is 0 Å². The average molecular weight is 222 g/mol. The van der Waals surface area contributed by atoms with Gasteiger partial charge in [-0.3, -0.25) is 0 Å². The van der Waals surface area contributed by atoms with Crippen molar-refractivity contribution in [2.45, 2.75) is 38.5 Å². The summed E-state index contributed by atoms with van der Waals surface area (Å²) >= 11 is 0. The van der Waals surface area contributed by atoms with Crippen LogP contribution in [0.25, 0.3) is 0 Å². The van der Waals surface area contributed by atoms with Crippen LogP contribution in [0.2, 0.25) is 0 Å². The van der Waals surface area contributed by atoms with Gasteiger partial charge in [0.15, 0.2) is 0 Å². The van der Waals surface area contributed by atoms with Crippen LogP contribution >= 0.6 is 0 Å². The molecule has 0 unspecified atom stereocenters. The number of hydrogen-bond acceptors (Lipinski definition) is 2. The Morgan fingerprint density at radius 3 is 2.25 bits per heavy atom. The Hall–Kier alpha value is -0.860. The van der Waals surface area contributed by atoms with Crippen LogP contribution in [-0.4, -0.2) is 23.4 Å². The first-order chi connectivity index (χ1) is 7.70. The summed E-state index contributed by atoms with van der Waals surface area (Å²) < 4.78 is 0. The third-order valence-corrected chi connectivity index (χ3v) is 3.33. The van der Waals surface area contributed by atoms with Gasteiger partial charge in [0.05, 0.1) is 13.2 Å². The molecule has 0 atom stereocenters. The summed E-state index contributed by atoms with van der Waals surface area (Å²) in [5.41, 5.74) is 1.75. The Bertz CT molecular complexity index is 316. The van der Waals surface area contributed by atoms with Crippen molar-refractivity contribution in [1.29, 1.82) is 0 Å². The van der Waals surface area contributed by atoms with Gasteiger partial charge in [0.1, 0.15) is 0 Å². The molecule has 0 heterocycles. The summed E-state index contributed by atoms with van der Waals surface area (Å²) in [5, 5.41) is 19.2. The molecule has 0 bridgehead atoms. The minimum atomic E-state index is -0.471. The second kappa shape index (κ2) is 6.02. The van der Waals surface area contributed by atoms with Crippen molar-refractivity contribution < 1.29 is 10.2 Å². The highest BCUT2D eigenvalue weighted by Gasteiger charge is 2.31. The fourth-order valence-corrected chi connectivity index (χ4v) is 2.20. The van der Waals surface area contributed by atoms with Gasteiger partial charge in [-0.2, -0.15) is 0 Å². The fraction of sp³-hybridized carbons (Fsp3) is 0.571. The van der Waals surface area contributed by atoms with Gasteiger partial charge in [-0.05, 0) is 24.5 Å². The molecule has 0 saturated carbocycles. The predicted molar refractivity (Wildman–Crippen MR) is 66.6 cm³/mol. The number of hydrogen-bond donors (Lipinski definition) is 2. The van der Waals surface area contributed by atoms with Crippen LogP contribution in [0.15, 0.2) is 24.3 Å². The number of aliphatic hydroxyl groups is 2. The molecule has 2 nitrogen and oxygen atoms in total. The standard InChI is InChI=1S/C14H22O2/c1-3-4-9-14(10-15,11-16)13-8-6-5-7-12(13)2/h5-8,15-16H,3-4,9-11H2,1-2H3. The van der Waals surface area contributed by atoms with E-state index in [0.717, 1.165) is 30.4 Å². The molecule has 0 radical (unpaired) electrons. The molecule has 0 aliphatic rings. The third-order valence-electron chi connectivity index (χ3n) is 3.33. The number of aliphatic hydroxyl groups excluding tert-OH is 2. The largest absolute Gasteiger partial charge is 0.395 e. The van der Waals surface area contributed by atoms with Crippen LogP contribution in [0.5, 0.6) is 0 Å². The molecule has 16 heavy (non-hydrogen) atoms. The summed E-state index contributed by atoms with van der Waals surface area (Å²) in [6, 6.07) is 7.99. The molecule has 0 aliphatic heterocycles. The van der Waals surface area contributed by atoms with E-state index in [1.165, 1.54) is 0 Å². The van der Waals surface area contributed by atoms with Crippen LogP contribution in [0.1, 0.15) is 37.3 Å². The summed E-state index contributed by atoms with van der Waals surface area (Å²) in [5.74, 6) is 0. The summed E-state index contributed by atoms with van der Waals surface area (Å²) in [6.45, 7) is 4.17. The Labute approximate surface area is 97.9 Å². The Kier molecular flexibility index (Phi) is 4.97. The SMILES string of the molecule is CCCCC(CO)(CO)c1ccccc1C. The third kappa shape index (κ3) is 2.63. The van der Waals surface area contributed by atoms with Gasteiger partial charge in [0.2, 0.25) is 0 Å². The molecule has 0 aromatic heterocycles. The lowest BCUT2D eigenvalue weighted by atomic mass is 9.76. The molecule has 0 fully saturated rings. The first-order valence-corrected chi connectivity index (χ1v) is 5.98. The summed E-state index contributed by atoms with van der Waals surface area (Å²) in [7, 11) is 0. The van der Waals surface area contributed by atoms with E-state index < -0.39 is 5.41 Å². The van der Waals surface area contributed by atoms with Crippen LogP contribution < -0.4 is 0 Å². The molecular formula is C14H22O2. The Balaban J connectivity index is 3.05. The van der Waals surface area contributed by atoms with Gasteiger partial charge in [0.25, 0.3) is 0 Å². The van der Waals surface area contributed by atoms with Gasteiger partial charge in [0, 0.05) is 5.41 Å². The monoisotopic (exact) mass is 222 g/mol. The van der Waals surface area contributed by atoms with Crippen molar-refractivity contribution in [2.24, 2.45) is 0 Å². The van der Waals surface area contributed by atoms with Gasteiger partial charge < -0.3 is 10.2 Å². The molecule has 2 N–H and O–H groups in total. The normalized spacial score (nSPS) is 11.8. The zero-order valence-corrected chi connectivity index (χ0v) is 10.2. The maximum absolute atomic E-state index is 9.62. The van der Waals surface area contributed by atoms with E-state index in [1.807, 2.05) is 31.2 Å². The quantitative estimate of drug-likeness (QED) is 0.776. The molecule has 1 aromatic carbocycles. The fourth-order valence-electron chi connectivity index (χ4n) is 2.20. The molecule has 2 heteroatoms. The summed E-state index contributed by atoms with van der Waals surface area (Å²) in [4.78, 5) is 0. The second-order valence-electron chi connectivity index (χ2n) is 4.52. The lowest BCUT2D eigenvalue weighted by molar-refractivity contribution is 0.107. The highest BCUT2D eigenvalue weighted by Crippen LogP contribution is 2.31. The average Bonchev–Trinajstić information content (AvgIpc) is 2.33. The van der Waals surface area contributed by atoms with E-state index in [-0.39, 0.29) is 13.2 Å². The molecule has 0 spiro atoms. The molecule has 0 amide bonds. The highest BCUT2D eigenvalue weighted by molar-refractivity contribution is 5.33. The predicted octanol–water partition coefficient (Wildman–Crippen LogP) is 2.41. The lowest BCUT2D eigenvalue weighted by Crippen LogP contribution is -2.35. The van der Waals surface area contributed by atoms with E-state index >= 15 is 0 Å². The molecule has 0 aliphatic carbocycles. The lowest BCUT2D eigenvalue weighted by Gasteiger charge is -2.31. The molecule has 1 rings (SSSR count). The van der Waals surface area contributed by atoms with Crippen LogP contribution in [0.3, 0.4) is 0 Å². The van der Waals surface area contributed by atoms with Gasteiger partial charge >= 0.3 is 0 Å². The van der Waals surface area contributed by atoms with Crippen molar-refractivity contribution >= 4 is 0 Å². The first-order valence-electron chi connectivity index (χ1n) is 5.98. The van der Waals surface area contributed by atoms with E-state index in [4.69, 9.17) is 0 Å². The van der Waals surface area contributed by atoms with E-state index in [1.54, 1.807) is 0 Å². The smallest absolute Gasteiger partial charge is 0.0550 e. The van der Waals surface area contributed by atoms with Gasteiger partial charge in [-0.25, -0.2) is 0 Å². The van der Waals surface area contributed by atoms with Crippen molar-refractivity contribution in [2.75, 3.05) is 13.2 Å². The van der Waals surface area contributed by atoms with Crippen molar-refractivity contribution in [3.8, 4) is 0 Å². The highest BCUT2D eigenvalue weighted by atomic mass is 16.3. The van der Waals surface area contributed by atoms with Gasteiger partial charge in [-0.1, -0.05) is 44.0 Å². The Morgan fingerprint density at radius 2 is 1.75 bits per heavy atom. The second-order valence-corrected chi connectivity index (χ2v) is 4.52. The minimum absolute atomic E-state index is 0.00829. The maximum Gasteiger partial charge on any atom is 0.0550 e.